The molecule has 11 amide bonds. The van der Waals surface area contributed by atoms with Gasteiger partial charge in [-0.3, -0.25) is 52.7 Å². The zero-order chi connectivity index (χ0) is 60.2. The van der Waals surface area contributed by atoms with Crippen molar-refractivity contribution in [1.82, 2.24) is 58.5 Å². The van der Waals surface area contributed by atoms with Crippen LogP contribution in [-0.4, -0.2) is 197 Å². The molecule has 0 radical (unpaired) electrons. The van der Waals surface area contributed by atoms with Gasteiger partial charge in [-0.15, -0.1) is 0 Å². The molecule has 2 rings (SSSR count). The molecule has 23 N–H and O–H groups in total. The van der Waals surface area contributed by atoms with Gasteiger partial charge in [0.05, 0.1) is 12.2 Å². The highest BCUT2D eigenvalue weighted by atomic mass is 16.4. The molecule has 1 aromatic carbocycles. The molecule has 0 bridgehead atoms. The highest BCUT2D eigenvalue weighted by molar-refractivity contribution is 5.99. The Balaban J connectivity index is 2.74. The smallest absolute Gasteiger partial charge is 0.405 e. The van der Waals surface area contributed by atoms with Crippen LogP contribution in [0.4, 0.5) is 4.79 Å². The van der Waals surface area contributed by atoms with Gasteiger partial charge in [-0.1, -0.05) is 44.2 Å². The molecule has 1 aliphatic rings. The van der Waals surface area contributed by atoms with Crippen LogP contribution in [0.1, 0.15) is 84.6 Å². The number of carbonyl (C=O) groups excluding carboxylic acids is 10. The van der Waals surface area contributed by atoms with Crippen molar-refractivity contribution in [2.45, 2.75) is 158 Å². The highest BCUT2D eigenvalue weighted by Crippen LogP contribution is 2.11. The highest BCUT2D eigenvalue weighted by Gasteiger charge is 2.37. The number of carboxylic acids is 1. The first-order valence-electron chi connectivity index (χ1n) is 26.2. The minimum absolute atomic E-state index is 0.0247. The lowest BCUT2D eigenvalue weighted by atomic mass is 10.00. The molecule has 1 aliphatic heterocycles. The number of aliphatic hydroxyl groups excluding tert-OH is 2. The average molecular weight is 1140 g/mol. The Bertz CT molecular complexity index is 2280. The third-order valence-electron chi connectivity index (χ3n) is 12.4. The lowest BCUT2D eigenvalue weighted by molar-refractivity contribution is -0.138. The maximum absolute atomic E-state index is 14.4. The van der Waals surface area contributed by atoms with E-state index in [4.69, 9.17) is 28.0 Å². The van der Waals surface area contributed by atoms with E-state index in [0.717, 1.165) is 6.92 Å². The molecule has 0 aromatic heterocycles. The summed E-state index contributed by atoms with van der Waals surface area (Å²) in [5, 5.41) is 66.1. The summed E-state index contributed by atoms with van der Waals surface area (Å²) in [6.45, 7) is 4.44. The van der Waals surface area contributed by atoms with Crippen molar-refractivity contribution >= 4 is 71.1 Å². The molecular weight excluding hydrogens is 1050 g/mol. The van der Waals surface area contributed by atoms with E-state index in [2.05, 4.69) is 53.2 Å². The quantitative estimate of drug-likeness (QED) is 0.0457. The number of rotatable bonds is 24. The normalized spacial score (nSPS) is 23.1. The number of nitrogens with two attached hydrogens (primary N) is 4. The maximum atomic E-state index is 14.4. The second-order valence-corrected chi connectivity index (χ2v) is 19.5. The molecule has 80 heavy (non-hydrogen) atoms. The van der Waals surface area contributed by atoms with Crippen molar-refractivity contribution in [3.05, 3.63) is 35.9 Å². The van der Waals surface area contributed by atoms with Crippen molar-refractivity contribution in [2.24, 2.45) is 28.9 Å². The van der Waals surface area contributed by atoms with Crippen LogP contribution in [0.2, 0.25) is 0 Å². The zero-order valence-corrected chi connectivity index (χ0v) is 45.3. The molecule has 0 spiro atoms. The van der Waals surface area contributed by atoms with Gasteiger partial charge in [0.2, 0.25) is 59.1 Å². The Hall–Kier alpha value is -7.58. The van der Waals surface area contributed by atoms with E-state index < -0.39 is 170 Å². The third kappa shape index (κ3) is 23.8. The summed E-state index contributed by atoms with van der Waals surface area (Å²) >= 11 is 0. The van der Waals surface area contributed by atoms with Gasteiger partial charge in [0.25, 0.3) is 0 Å². The van der Waals surface area contributed by atoms with Gasteiger partial charge in [-0.05, 0) is 96.5 Å². The number of carboxylic acid groups (broad SMARTS) is 2. The molecule has 1 saturated heterocycles. The summed E-state index contributed by atoms with van der Waals surface area (Å²) in [5.74, 6) is -11.8. The molecule has 1 fully saturated rings. The second-order valence-electron chi connectivity index (χ2n) is 19.5. The van der Waals surface area contributed by atoms with E-state index in [9.17, 15) is 72.9 Å². The topological polar surface area (TPSA) is 522 Å². The SMILES string of the molecule is CC(C)C[C@@H]1NC(=O)[C@@H](Cc2ccccc2)NC(=O)[C@H](CCN)NC(=O)[C@@H](NC(=O)[C@H](CCN)NC(=O)[C@@H](NC(=O)[C@H](CCC(=O)O)NC(=O)O)[C@@H](C)O)CCNC(=O)[C@H]([C@@H](C)O)NC(=O)[C@H](CCN)NC(=O)[C@H](CCN)NC1=O. The van der Waals surface area contributed by atoms with Crippen LogP contribution in [0.5, 0.6) is 0 Å². The number of hydrogen-bond acceptors (Lipinski definition) is 18. The number of carbonyl (C=O) groups is 12. The molecule has 31 nitrogen and oxygen atoms in total. The van der Waals surface area contributed by atoms with E-state index in [1.54, 1.807) is 44.2 Å². The minimum Gasteiger partial charge on any atom is -0.481 e. The lowest BCUT2D eigenvalue weighted by Gasteiger charge is -2.29. The van der Waals surface area contributed by atoms with Gasteiger partial charge in [-0.25, -0.2) is 4.79 Å². The number of aliphatic carboxylic acids is 1. The summed E-state index contributed by atoms with van der Waals surface area (Å²) in [6.07, 6.45) is -7.85. The van der Waals surface area contributed by atoms with Gasteiger partial charge in [-0.2, -0.15) is 0 Å². The average Bonchev–Trinajstić information content (AvgIpc) is 3.38. The Morgan fingerprint density at radius 2 is 1.06 bits per heavy atom. The third-order valence-corrected chi connectivity index (χ3v) is 12.4. The van der Waals surface area contributed by atoms with Crippen LogP contribution < -0.4 is 81.4 Å². The first-order chi connectivity index (χ1) is 37.8. The Morgan fingerprint density at radius 1 is 0.575 bits per heavy atom. The number of benzene rings is 1. The fourth-order valence-corrected chi connectivity index (χ4v) is 8.12. The molecule has 0 aliphatic carbocycles. The van der Waals surface area contributed by atoms with E-state index in [-0.39, 0.29) is 70.6 Å². The Morgan fingerprint density at radius 3 is 1.55 bits per heavy atom. The van der Waals surface area contributed by atoms with Gasteiger partial charge in [0, 0.05) is 19.4 Å². The van der Waals surface area contributed by atoms with Crippen LogP contribution >= 0.6 is 0 Å². The van der Waals surface area contributed by atoms with Gasteiger partial charge < -0.3 is 102 Å². The van der Waals surface area contributed by atoms with E-state index in [1.165, 1.54) is 6.92 Å². The molecular formula is C49H81N15O16. The molecule has 31 heteroatoms. The number of hydrogen-bond donors (Lipinski definition) is 19. The van der Waals surface area contributed by atoms with E-state index in [1.807, 2.05) is 5.32 Å². The first kappa shape index (κ1) is 68.5. The summed E-state index contributed by atoms with van der Waals surface area (Å²) in [5.41, 5.74) is 23.9. The van der Waals surface area contributed by atoms with Crippen LogP contribution in [0.3, 0.4) is 0 Å². The van der Waals surface area contributed by atoms with Crippen molar-refractivity contribution in [1.29, 1.82) is 0 Å². The molecule has 448 valence electrons. The summed E-state index contributed by atoms with van der Waals surface area (Å²) in [7, 11) is 0. The van der Waals surface area contributed by atoms with Crippen molar-refractivity contribution < 1.29 is 78.0 Å². The van der Waals surface area contributed by atoms with Crippen molar-refractivity contribution in [3.8, 4) is 0 Å². The largest absolute Gasteiger partial charge is 0.481 e. The van der Waals surface area contributed by atoms with Gasteiger partial charge >= 0.3 is 12.1 Å². The lowest BCUT2D eigenvalue weighted by Crippen LogP contribution is -2.62. The molecule has 1 aromatic rings. The monoisotopic (exact) mass is 1140 g/mol. The predicted molar refractivity (Wildman–Crippen MR) is 284 cm³/mol. The minimum atomic E-state index is -1.89. The van der Waals surface area contributed by atoms with Crippen LogP contribution in [-0.2, 0) is 59.2 Å². The summed E-state index contributed by atoms with van der Waals surface area (Å²) in [6, 6.07) is -7.38. The van der Waals surface area contributed by atoms with E-state index >= 15 is 0 Å². The van der Waals surface area contributed by atoms with Crippen LogP contribution in [0.15, 0.2) is 30.3 Å². The first-order valence-corrected chi connectivity index (χ1v) is 26.2. The van der Waals surface area contributed by atoms with Crippen molar-refractivity contribution in [2.75, 3.05) is 32.7 Å². The van der Waals surface area contributed by atoms with Crippen molar-refractivity contribution in [3.63, 3.8) is 0 Å². The summed E-state index contributed by atoms with van der Waals surface area (Å²) < 4.78 is 0. The molecule has 12 atom stereocenters. The number of amides is 11. The fourth-order valence-electron chi connectivity index (χ4n) is 8.12. The number of nitrogens with one attached hydrogen (secondary N) is 11. The Kier molecular flexibility index (Phi) is 30.1. The Labute approximate surface area is 462 Å². The van der Waals surface area contributed by atoms with Gasteiger partial charge in [0.1, 0.15) is 60.4 Å². The fraction of sp³-hybridized carbons (Fsp3) is 0.633. The molecule has 1 heterocycles. The van der Waals surface area contributed by atoms with Crippen LogP contribution in [0, 0.1) is 5.92 Å². The molecule has 0 saturated carbocycles. The van der Waals surface area contributed by atoms with Crippen LogP contribution in [0.25, 0.3) is 0 Å². The molecule has 0 unspecified atom stereocenters. The maximum Gasteiger partial charge on any atom is 0.405 e. The van der Waals surface area contributed by atoms with Gasteiger partial charge in [0.15, 0.2) is 0 Å². The number of aliphatic hydroxyl groups is 2. The summed E-state index contributed by atoms with van der Waals surface area (Å²) in [4.78, 5) is 162. The van der Waals surface area contributed by atoms with E-state index in [0.29, 0.717) is 5.56 Å². The second kappa shape index (κ2) is 35.1. The predicted octanol–water partition coefficient (Wildman–Crippen LogP) is -7.18. The zero-order valence-electron chi connectivity index (χ0n) is 45.3. The standard InChI is InChI=1S/C49H81N15O16/c1-24(2)22-34-45(75)57-29(12-17-50)39(69)56-32(15-20-53)44(74)63-37(25(3)65)47(77)54-21-16-33(42(72)55-30(13-18-51)41(71)61-35(46(76)60-34)23-27-8-6-5-7-9-27)58-40(70)31(14-19-52)59-48(78)38(26(4)66)64-43(73)28(62-49(79)80)10-11-36(67)68/h5-9,24-26,28-35,37-38,62,65-66H,10-23,50-53H2,1-4H3,(H,54,77)(H,55,72)(H,56,69)(H,57,75)(H,58,70)(H,59,78)(H,60,76)(H,61,71)(H,63,74)(H,64,73)(H,67,68)(H,79,80)/t25-,26-,28+,29+,30+,31+,32+,33+,34+,35-,37+,38+/m1/s1.